The number of benzene rings is 1. The summed E-state index contributed by atoms with van der Waals surface area (Å²) in [7, 11) is 3.85. The highest BCUT2D eigenvalue weighted by molar-refractivity contribution is 5.87. The van der Waals surface area contributed by atoms with E-state index in [0.717, 1.165) is 12.5 Å². The standard InChI is InChI=1S/C18H23F3N2O/c1-22(2)9-4-7-17(24)23-10-8-15(13-23)11-14-5-3-6-16(12-14)18(19,20)21/h3-7,12,15H,8-11,13H2,1-2H3/b7-4+/t15-/m1/s1. The third kappa shape index (κ3) is 5.37. The maximum Gasteiger partial charge on any atom is 0.416 e. The quantitative estimate of drug-likeness (QED) is 0.769. The van der Waals surface area contributed by atoms with E-state index in [1.807, 2.05) is 25.1 Å². The summed E-state index contributed by atoms with van der Waals surface area (Å²) in [5, 5.41) is 0. The van der Waals surface area contributed by atoms with E-state index in [2.05, 4.69) is 0 Å². The second kappa shape index (κ2) is 7.83. The van der Waals surface area contributed by atoms with Crippen LogP contribution >= 0.6 is 0 Å². The molecule has 1 saturated heterocycles. The van der Waals surface area contributed by atoms with Gasteiger partial charge in [0.05, 0.1) is 5.56 Å². The first kappa shape index (κ1) is 18.5. The van der Waals surface area contributed by atoms with Crippen LogP contribution in [0.15, 0.2) is 36.4 Å². The van der Waals surface area contributed by atoms with Crippen LogP contribution in [0.25, 0.3) is 0 Å². The molecule has 0 aromatic heterocycles. The summed E-state index contributed by atoms with van der Waals surface area (Å²) >= 11 is 0. The van der Waals surface area contributed by atoms with Gasteiger partial charge in [-0.3, -0.25) is 4.79 Å². The van der Waals surface area contributed by atoms with Crippen LogP contribution in [0.2, 0.25) is 0 Å². The Morgan fingerprint density at radius 2 is 2.12 bits per heavy atom. The third-order valence-electron chi connectivity index (χ3n) is 4.11. The zero-order valence-electron chi connectivity index (χ0n) is 14.0. The monoisotopic (exact) mass is 340 g/mol. The molecule has 6 heteroatoms. The van der Waals surface area contributed by atoms with E-state index in [0.29, 0.717) is 31.6 Å². The molecule has 24 heavy (non-hydrogen) atoms. The maximum atomic E-state index is 12.8. The molecule has 1 fully saturated rings. The summed E-state index contributed by atoms with van der Waals surface area (Å²) in [5.41, 5.74) is 0.0600. The summed E-state index contributed by atoms with van der Waals surface area (Å²) in [6, 6.07) is 5.46. The van der Waals surface area contributed by atoms with E-state index in [-0.39, 0.29) is 11.8 Å². The highest BCUT2D eigenvalue weighted by atomic mass is 19.4. The van der Waals surface area contributed by atoms with Gasteiger partial charge in [0, 0.05) is 25.7 Å². The topological polar surface area (TPSA) is 23.6 Å². The summed E-state index contributed by atoms with van der Waals surface area (Å²) in [4.78, 5) is 15.8. The van der Waals surface area contributed by atoms with Crippen LogP contribution in [0.5, 0.6) is 0 Å². The Bertz CT molecular complexity index is 596. The summed E-state index contributed by atoms with van der Waals surface area (Å²) in [6.07, 6.45) is 0.471. The van der Waals surface area contributed by atoms with Gasteiger partial charge in [-0.1, -0.05) is 24.3 Å². The van der Waals surface area contributed by atoms with E-state index in [1.165, 1.54) is 12.1 Å². The number of halogens is 3. The van der Waals surface area contributed by atoms with Gasteiger partial charge in [-0.05, 0) is 44.5 Å². The van der Waals surface area contributed by atoms with Gasteiger partial charge in [0.2, 0.25) is 5.91 Å². The van der Waals surface area contributed by atoms with E-state index in [4.69, 9.17) is 0 Å². The lowest BCUT2D eigenvalue weighted by Crippen LogP contribution is -2.27. The van der Waals surface area contributed by atoms with Gasteiger partial charge in [-0.2, -0.15) is 13.2 Å². The van der Waals surface area contributed by atoms with Gasteiger partial charge in [-0.25, -0.2) is 0 Å². The normalized spacial score (nSPS) is 18.8. The first-order chi connectivity index (χ1) is 11.3. The highest BCUT2D eigenvalue weighted by Gasteiger charge is 2.31. The molecule has 1 atom stereocenters. The molecular weight excluding hydrogens is 317 g/mol. The number of carbonyl (C=O) groups is 1. The van der Waals surface area contributed by atoms with Gasteiger partial charge < -0.3 is 9.80 Å². The van der Waals surface area contributed by atoms with Crippen molar-refractivity contribution in [3.05, 3.63) is 47.5 Å². The van der Waals surface area contributed by atoms with Crippen molar-refractivity contribution in [3.8, 4) is 0 Å². The lowest BCUT2D eigenvalue weighted by atomic mass is 9.97. The molecule has 0 unspecified atom stereocenters. The van der Waals surface area contributed by atoms with Crippen LogP contribution in [0.1, 0.15) is 17.5 Å². The van der Waals surface area contributed by atoms with E-state index in [9.17, 15) is 18.0 Å². The second-order valence-corrected chi connectivity index (χ2v) is 6.51. The van der Waals surface area contributed by atoms with Crippen LogP contribution in [-0.2, 0) is 17.4 Å². The van der Waals surface area contributed by atoms with Crippen LogP contribution in [-0.4, -0.2) is 49.4 Å². The summed E-state index contributed by atoms with van der Waals surface area (Å²) in [5.74, 6) is 0.183. The average Bonchev–Trinajstić information content (AvgIpc) is 2.95. The molecule has 132 valence electrons. The van der Waals surface area contributed by atoms with E-state index < -0.39 is 11.7 Å². The molecule has 1 aliphatic rings. The molecule has 2 rings (SSSR count). The minimum absolute atomic E-state index is 0.0246. The van der Waals surface area contributed by atoms with Crippen molar-refractivity contribution in [2.75, 3.05) is 33.7 Å². The van der Waals surface area contributed by atoms with Gasteiger partial charge >= 0.3 is 6.18 Å². The number of amides is 1. The first-order valence-electron chi connectivity index (χ1n) is 8.02. The summed E-state index contributed by atoms with van der Waals surface area (Å²) in [6.45, 7) is 1.96. The number of hydrogen-bond acceptors (Lipinski definition) is 2. The third-order valence-corrected chi connectivity index (χ3v) is 4.11. The van der Waals surface area contributed by atoms with Crippen LogP contribution in [0.3, 0.4) is 0 Å². The minimum Gasteiger partial charge on any atom is -0.339 e. The molecule has 0 radical (unpaired) electrons. The van der Waals surface area contributed by atoms with Gasteiger partial charge in [0.25, 0.3) is 0 Å². The Kier molecular flexibility index (Phi) is 6.04. The summed E-state index contributed by atoms with van der Waals surface area (Å²) < 4.78 is 38.3. The number of rotatable bonds is 5. The second-order valence-electron chi connectivity index (χ2n) is 6.51. The van der Waals surface area contributed by atoms with Crippen molar-refractivity contribution >= 4 is 5.91 Å². The predicted octanol–water partition coefficient (Wildman–Crippen LogP) is 3.21. The minimum atomic E-state index is -4.31. The van der Waals surface area contributed by atoms with Crippen molar-refractivity contribution in [2.45, 2.75) is 19.0 Å². The number of likely N-dealkylation sites (N-methyl/N-ethyl adjacent to an activating group) is 1. The fourth-order valence-corrected chi connectivity index (χ4v) is 2.88. The highest BCUT2D eigenvalue weighted by Crippen LogP contribution is 2.30. The zero-order valence-corrected chi connectivity index (χ0v) is 14.0. The van der Waals surface area contributed by atoms with Crippen molar-refractivity contribution in [1.82, 2.24) is 9.80 Å². The van der Waals surface area contributed by atoms with Gasteiger partial charge in [0.15, 0.2) is 0 Å². The molecule has 0 bridgehead atoms. The zero-order chi connectivity index (χ0) is 17.7. The van der Waals surface area contributed by atoms with Crippen LogP contribution < -0.4 is 0 Å². The molecule has 0 spiro atoms. The van der Waals surface area contributed by atoms with E-state index in [1.54, 1.807) is 17.0 Å². The number of hydrogen-bond donors (Lipinski definition) is 0. The Morgan fingerprint density at radius 3 is 2.79 bits per heavy atom. The lowest BCUT2D eigenvalue weighted by Gasteiger charge is -2.15. The maximum absolute atomic E-state index is 12.8. The number of carbonyl (C=O) groups excluding carboxylic acids is 1. The van der Waals surface area contributed by atoms with Crippen LogP contribution in [0.4, 0.5) is 13.2 Å². The SMILES string of the molecule is CN(C)C/C=C/C(=O)N1CC[C@H](Cc2cccc(C(F)(F)F)c2)C1. The van der Waals surface area contributed by atoms with Gasteiger partial charge in [0.1, 0.15) is 0 Å². The Morgan fingerprint density at radius 1 is 1.38 bits per heavy atom. The van der Waals surface area contributed by atoms with Crippen molar-refractivity contribution in [1.29, 1.82) is 0 Å². The molecule has 1 heterocycles. The fourth-order valence-electron chi connectivity index (χ4n) is 2.88. The molecule has 1 aliphatic heterocycles. The first-order valence-corrected chi connectivity index (χ1v) is 8.02. The number of alkyl halides is 3. The van der Waals surface area contributed by atoms with Crippen molar-refractivity contribution in [2.24, 2.45) is 5.92 Å². The Balaban J connectivity index is 1.90. The molecule has 1 amide bonds. The molecule has 0 aliphatic carbocycles. The number of nitrogens with zero attached hydrogens (tertiary/aromatic N) is 2. The molecule has 1 aromatic carbocycles. The fraction of sp³-hybridized carbons (Fsp3) is 0.500. The molecule has 3 nitrogen and oxygen atoms in total. The largest absolute Gasteiger partial charge is 0.416 e. The van der Waals surface area contributed by atoms with Crippen molar-refractivity contribution in [3.63, 3.8) is 0 Å². The smallest absolute Gasteiger partial charge is 0.339 e. The lowest BCUT2D eigenvalue weighted by molar-refractivity contribution is -0.137. The molecule has 0 N–H and O–H groups in total. The number of likely N-dealkylation sites (tertiary alicyclic amines) is 1. The molecule has 1 aromatic rings. The molecular formula is C18H23F3N2O. The Hall–Kier alpha value is -1.82. The predicted molar refractivity (Wildman–Crippen MR) is 87.5 cm³/mol. The van der Waals surface area contributed by atoms with Crippen LogP contribution in [0, 0.1) is 5.92 Å². The molecule has 0 saturated carbocycles. The van der Waals surface area contributed by atoms with E-state index >= 15 is 0 Å². The van der Waals surface area contributed by atoms with Crippen molar-refractivity contribution < 1.29 is 18.0 Å². The van der Waals surface area contributed by atoms with Gasteiger partial charge in [-0.15, -0.1) is 0 Å². The average molecular weight is 340 g/mol. The Labute approximate surface area is 140 Å².